The van der Waals surface area contributed by atoms with Crippen LogP contribution in [-0.2, 0) is 4.74 Å². The van der Waals surface area contributed by atoms with Crippen molar-refractivity contribution < 1.29 is 24.5 Å². The van der Waals surface area contributed by atoms with Crippen LogP contribution in [0.15, 0.2) is 35.5 Å². The monoisotopic (exact) mass is 332 g/mol. The van der Waals surface area contributed by atoms with E-state index in [0.29, 0.717) is 11.0 Å². The molecule has 4 atom stereocenters. The van der Waals surface area contributed by atoms with Crippen molar-refractivity contribution in [1.29, 1.82) is 0 Å². The number of hydrogen-bond donors (Lipinski definition) is 4. The molecular formula is C15H16N4O5. The van der Waals surface area contributed by atoms with Crippen LogP contribution in [0.2, 0.25) is 0 Å². The van der Waals surface area contributed by atoms with Gasteiger partial charge in [0.05, 0.1) is 24.5 Å². The molecule has 3 aromatic rings. The van der Waals surface area contributed by atoms with Gasteiger partial charge in [0.2, 0.25) is 0 Å². The van der Waals surface area contributed by atoms with E-state index < -0.39 is 31.1 Å². The van der Waals surface area contributed by atoms with Crippen LogP contribution in [0, 0.1) is 0 Å². The molecule has 126 valence electrons. The van der Waals surface area contributed by atoms with Crippen molar-refractivity contribution in [1.82, 2.24) is 14.5 Å². The Morgan fingerprint density at radius 1 is 1.25 bits per heavy atom. The number of aliphatic hydroxyl groups excluding tert-OH is 3. The number of fused-ring (bicyclic) bond motifs is 1. The van der Waals surface area contributed by atoms with Crippen molar-refractivity contribution >= 4 is 16.9 Å². The molecule has 0 radical (unpaired) electrons. The molecule has 0 aliphatic carbocycles. The lowest BCUT2D eigenvalue weighted by molar-refractivity contribution is -0.0508. The first-order valence-electron chi connectivity index (χ1n) is 7.38. The summed E-state index contributed by atoms with van der Waals surface area (Å²) < 4.78 is 12.3. The van der Waals surface area contributed by atoms with Crippen LogP contribution in [0.1, 0.15) is 6.23 Å². The zero-order chi connectivity index (χ0) is 16.8. The molecule has 1 aliphatic heterocycles. The van der Waals surface area contributed by atoms with Crippen molar-refractivity contribution in [2.24, 2.45) is 0 Å². The molecule has 0 saturated carbocycles. The van der Waals surface area contributed by atoms with Crippen LogP contribution < -0.4 is 5.73 Å². The molecule has 1 fully saturated rings. The summed E-state index contributed by atoms with van der Waals surface area (Å²) in [5, 5.41) is 30.1. The Bertz CT molecular complexity index is 862. The van der Waals surface area contributed by atoms with E-state index >= 15 is 0 Å². The molecular weight excluding hydrogens is 316 g/mol. The molecule has 4 heterocycles. The van der Waals surface area contributed by atoms with E-state index in [1.807, 2.05) is 0 Å². The van der Waals surface area contributed by atoms with Crippen LogP contribution >= 0.6 is 0 Å². The predicted molar refractivity (Wildman–Crippen MR) is 82.7 cm³/mol. The van der Waals surface area contributed by atoms with E-state index in [0.717, 1.165) is 11.1 Å². The minimum Gasteiger partial charge on any atom is -0.472 e. The van der Waals surface area contributed by atoms with Gasteiger partial charge in [-0.2, -0.15) is 0 Å². The average molecular weight is 332 g/mol. The maximum Gasteiger partial charge on any atom is 0.164 e. The lowest BCUT2D eigenvalue weighted by atomic mass is 10.1. The van der Waals surface area contributed by atoms with Gasteiger partial charge in [-0.3, -0.25) is 0 Å². The smallest absolute Gasteiger partial charge is 0.164 e. The van der Waals surface area contributed by atoms with Gasteiger partial charge >= 0.3 is 0 Å². The average Bonchev–Trinajstić information content (AvgIpc) is 3.28. The zero-order valence-corrected chi connectivity index (χ0v) is 12.5. The number of ether oxygens (including phenoxy) is 1. The lowest BCUT2D eigenvalue weighted by Crippen LogP contribution is -2.33. The molecule has 5 N–H and O–H groups in total. The molecule has 9 nitrogen and oxygen atoms in total. The summed E-state index contributed by atoms with van der Waals surface area (Å²) in [6.07, 6.45) is 1.91. The van der Waals surface area contributed by atoms with Gasteiger partial charge in [-0.05, 0) is 6.07 Å². The summed E-state index contributed by atoms with van der Waals surface area (Å²) in [5.41, 5.74) is 7.94. The highest BCUT2D eigenvalue weighted by atomic mass is 16.6. The maximum absolute atomic E-state index is 10.3. The second-order valence-electron chi connectivity index (χ2n) is 5.65. The normalized spacial score (nSPS) is 27.1. The fraction of sp³-hybridized carbons (Fsp3) is 0.333. The number of anilines is 1. The van der Waals surface area contributed by atoms with Gasteiger partial charge in [-0.15, -0.1) is 0 Å². The number of nitrogens with zero attached hydrogens (tertiary/aromatic N) is 3. The van der Waals surface area contributed by atoms with E-state index in [9.17, 15) is 15.3 Å². The quantitative estimate of drug-likeness (QED) is 0.520. The number of hydrogen-bond acceptors (Lipinski definition) is 8. The highest BCUT2D eigenvalue weighted by Gasteiger charge is 2.44. The Morgan fingerprint density at radius 3 is 2.75 bits per heavy atom. The Labute approximate surface area is 135 Å². The van der Waals surface area contributed by atoms with Crippen LogP contribution in [-0.4, -0.2) is 54.8 Å². The fourth-order valence-electron chi connectivity index (χ4n) is 3.05. The van der Waals surface area contributed by atoms with Gasteiger partial charge in [-0.25, -0.2) is 9.97 Å². The lowest BCUT2D eigenvalue weighted by Gasteiger charge is -2.17. The van der Waals surface area contributed by atoms with Crippen LogP contribution in [0.4, 0.5) is 5.82 Å². The third-order valence-electron chi connectivity index (χ3n) is 4.26. The summed E-state index contributed by atoms with van der Waals surface area (Å²) in [5.74, 6) is 0.279. The molecule has 0 aromatic carbocycles. The second kappa shape index (κ2) is 5.56. The Morgan fingerprint density at radius 2 is 2.08 bits per heavy atom. The van der Waals surface area contributed by atoms with Gasteiger partial charge in [0.1, 0.15) is 36.1 Å². The minimum absolute atomic E-state index is 0.279. The second-order valence-corrected chi connectivity index (χ2v) is 5.65. The molecule has 0 spiro atoms. The van der Waals surface area contributed by atoms with Crippen molar-refractivity contribution in [3.05, 3.63) is 31.1 Å². The number of nitrogens with two attached hydrogens (primary N) is 1. The van der Waals surface area contributed by atoms with E-state index in [2.05, 4.69) is 9.97 Å². The van der Waals surface area contributed by atoms with Crippen molar-refractivity contribution in [3.8, 4) is 11.1 Å². The SMILES string of the molecule is Nc1ncnc2c1c(-c1ccoc1)cn2[C@@H]1O[C@H](CO)[C@@H](O)[C@@H]1O. The first kappa shape index (κ1) is 15.1. The number of furan rings is 1. The van der Waals surface area contributed by atoms with E-state index in [1.165, 1.54) is 12.6 Å². The van der Waals surface area contributed by atoms with E-state index in [1.54, 1.807) is 23.1 Å². The van der Waals surface area contributed by atoms with Gasteiger partial charge < -0.3 is 34.8 Å². The highest BCUT2D eigenvalue weighted by Crippen LogP contribution is 2.38. The minimum atomic E-state index is -1.22. The van der Waals surface area contributed by atoms with Gasteiger partial charge in [0, 0.05) is 17.3 Å². The zero-order valence-electron chi connectivity index (χ0n) is 12.5. The summed E-state index contributed by atoms with van der Waals surface area (Å²) in [7, 11) is 0. The van der Waals surface area contributed by atoms with Crippen LogP contribution in [0.25, 0.3) is 22.2 Å². The highest BCUT2D eigenvalue weighted by molar-refractivity contribution is 6.00. The van der Waals surface area contributed by atoms with Gasteiger partial charge in [-0.1, -0.05) is 0 Å². The molecule has 4 rings (SSSR count). The summed E-state index contributed by atoms with van der Waals surface area (Å²) in [4.78, 5) is 8.25. The Balaban J connectivity index is 1.90. The topological polar surface area (TPSA) is 140 Å². The van der Waals surface area contributed by atoms with Gasteiger partial charge in [0.15, 0.2) is 6.23 Å². The summed E-state index contributed by atoms with van der Waals surface area (Å²) in [6.45, 7) is -0.403. The summed E-state index contributed by atoms with van der Waals surface area (Å²) in [6, 6.07) is 1.77. The molecule has 1 aliphatic rings. The summed E-state index contributed by atoms with van der Waals surface area (Å²) >= 11 is 0. The van der Waals surface area contributed by atoms with Crippen LogP contribution in [0.5, 0.6) is 0 Å². The van der Waals surface area contributed by atoms with E-state index in [4.69, 9.17) is 14.9 Å². The number of aliphatic hydroxyl groups is 3. The molecule has 1 saturated heterocycles. The van der Waals surface area contributed by atoms with Crippen molar-refractivity contribution in [2.45, 2.75) is 24.5 Å². The third-order valence-corrected chi connectivity index (χ3v) is 4.26. The molecule has 0 bridgehead atoms. The standard InChI is InChI=1S/C15H16N4O5/c16-13-10-8(7-1-2-23-5-7)3-19(14(10)18-6-17-13)15-12(22)11(21)9(4-20)24-15/h1-3,5-6,9,11-12,15,20-22H,4H2,(H2,16,17,18)/t9-,11-,12+,15-/m1/s1. The molecule has 9 heteroatoms. The molecule has 0 amide bonds. The first-order valence-corrected chi connectivity index (χ1v) is 7.38. The number of rotatable bonds is 3. The Kier molecular flexibility index (Phi) is 3.50. The van der Waals surface area contributed by atoms with Crippen molar-refractivity contribution in [3.63, 3.8) is 0 Å². The van der Waals surface area contributed by atoms with Crippen LogP contribution in [0.3, 0.4) is 0 Å². The largest absolute Gasteiger partial charge is 0.472 e. The fourth-order valence-corrected chi connectivity index (χ4v) is 3.05. The van der Waals surface area contributed by atoms with Crippen molar-refractivity contribution in [2.75, 3.05) is 12.3 Å². The number of nitrogen functional groups attached to an aromatic ring is 1. The third kappa shape index (κ3) is 2.10. The predicted octanol–water partition coefficient (Wildman–Crippen LogP) is -0.115. The Hall–Kier alpha value is -2.46. The maximum atomic E-state index is 10.3. The van der Waals surface area contributed by atoms with E-state index in [-0.39, 0.29) is 5.82 Å². The molecule has 3 aromatic heterocycles. The molecule has 24 heavy (non-hydrogen) atoms. The van der Waals surface area contributed by atoms with Gasteiger partial charge in [0.25, 0.3) is 0 Å². The first-order chi connectivity index (χ1) is 11.6. The number of aromatic nitrogens is 3. The molecule has 0 unspecified atom stereocenters.